The lowest BCUT2D eigenvalue weighted by Crippen LogP contribution is -2.22. The summed E-state index contributed by atoms with van der Waals surface area (Å²) in [6.07, 6.45) is 0. The molecule has 0 amide bonds. The summed E-state index contributed by atoms with van der Waals surface area (Å²) in [5, 5.41) is 14.0. The Kier molecular flexibility index (Phi) is 4.52. The van der Waals surface area contributed by atoms with Crippen molar-refractivity contribution in [1.82, 2.24) is 9.97 Å². The zero-order valence-corrected chi connectivity index (χ0v) is 13.2. The first-order chi connectivity index (χ1) is 11.6. The third kappa shape index (κ3) is 3.76. The highest BCUT2D eigenvalue weighted by molar-refractivity contribution is 5.85. The molecule has 1 heterocycles. The quantitative estimate of drug-likeness (QED) is 0.781. The predicted octanol–water partition coefficient (Wildman–Crippen LogP) is 2.43. The fourth-order valence-electron chi connectivity index (χ4n) is 2.37. The van der Waals surface area contributed by atoms with Crippen molar-refractivity contribution >= 4 is 11.8 Å². The smallest absolute Gasteiger partial charge is 0.130 e. The topological polar surface area (TPSA) is 77.9 Å². The molecule has 0 bridgehead atoms. The lowest BCUT2D eigenvalue weighted by Gasteiger charge is -2.10. The highest BCUT2D eigenvalue weighted by Crippen LogP contribution is 2.19. The van der Waals surface area contributed by atoms with E-state index >= 15 is 0 Å². The van der Waals surface area contributed by atoms with Gasteiger partial charge in [0.2, 0.25) is 0 Å². The number of carbonyl (C=O) groups excluding carboxylic acids is 1. The summed E-state index contributed by atoms with van der Waals surface area (Å²) in [5.41, 5.74) is 3.02. The first kappa shape index (κ1) is 15.7. The third-order valence-electron chi connectivity index (χ3n) is 3.57. The molecular formula is C19H16N3O2-. The molecule has 1 aromatic heterocycles. The SMILES string of the molecule is Cc1nc(NCc2ccc(C(=O)[O-])cc2)cc(-c2ccccc2)n1. The lowest BCUT2D eigenvalue weighted by molar-refractivity contribution is -0.255. The van der Waals surface area contributed by atoms with Crippen LogP contribution in [0.1, 0.15) is 21.7 Å². The first-order valence-corrected chi connectivity index (χ1v) is 7.57. The summed E-state index contributed by atoms with van der Waals surface area (Å²) in [7, 11) is 0. The Morgan fingerprint density at radius 2 is 1.75 bits per heavy atom. The van der Waals surface area contributed by atoms with Crippen molar-refractivity contribution in [3.8, 4) is 11.3 Å². The normalized spacial score (nSPS) is 10.4. The average Bonchev–Trinajstić information content (AvgIpc) is 2.60. The Morgan fingerprint density at radius 1 is 1.04 bits per heavy atom. The number of nitrogens with one attached hydrogen (secondary N) is 1. The lowest BCUT2D eigenvalue weighted by atomic mass is 10.1. The van der Waals surface area contributed by atoms with Crippen LogP contribution >= 0.6 is 0 Å². The Bertz CT molecular complexity index is 846. The fourth-order valence-corrected chi connectivity index (χ4v) is 2.37. The number of carbonyl (C=O) groups is 1. The molecule has 24 heavy (non-hydrogen) atoms. The van der Waals surface area contributed by atoms with E-state index in [1.807, 2.05) is 43.3 Å². The zero-order valence-electron chi connectivity index (χ0n) is 13.2. The molecule has 0 aliphatic carbocycles. The minimum Gasteiger partial charge on any atom is -0.545 e. The molecule has 0 saturated heterocycles. The van der Waals surface area contributed by atoms with E-state index in [0.717, 1.165) is 22.6 Å². The van der Waals surface area contributed by atoms with Crippen molar-refractivity contribution in [2.24, 2.45) is 0 Å². The monoisotopic (exact) mass is 318 g/mol. The standard InChI is InChI=1S/C19H17N3O2/c1-13-21-17(15-5-3-2-4-6-15)11-18(22-13)20-12-14-7-9-16(10-8-14)19(23)24/h2-11H,12H2,1H3,(H,23,24)(H,20,21,22)/p-1. The van der Waals surface area contributed by atoms with E-state index in [-0.39, 0.29) is 5.56 Å². The van der Waals surface area contributed by atoms with Crippen molar-refractivity contribution < 1.29 is 9.90 Å². The molecule has 3 rings (SSSR count). The summed E-state index contributed by atoms with van der Waals surface area (Å²) in [6.45, 7) is 2.39. The second kappa shape index (κ2) is 6.91. The Balaban J connectivity index is 1.75. The van der Waals surface area contributed by atoms with Gasteiger partial charge in [-0.25, -0.2) is 9.97 Å². The van der Waals surface area contributed by atoms with Gasteiger partial charge < -0.3 is 15.2 Å². The molecule has 0 atom stereocenters. The number of nitrogens with zero attached hydrogens (tertiary/aromatic N) is 2. The van der Waals surface area contributed by atoms with Crippen molar-refractivity contribution in [2.45, 2.75) is 13.5 Å². The van der Waals surface area contributed by atoms with Crippen LogP contribution in [0, 0.1) is 6.92 Å². The summed E-state index contributed by atoms with van der Waals surface area (Å²) in [5.74, 6) is 0.241. The van der Waals surface area contributed by atoms with Crippen LogP contribution < -0.4 is 10.4 Å². The molecule has 1 N–H and O–H groups in total. The van der Waals surface area contributed by atoms with E-state index < -0.39 is 5.97 Å². The second-order valence-electron chi connectivity index (χ2n) is 5.39. The van der Waals surface area contributed by atoms with Crippen LogP contribution in [0.2, 0.25) is 0 Å². The molecule has 0 aliphatic heterocycles. The molecule has 0 spiro atoms. The van der Waals surface area contributed by atoms with Gasteiger partial charge in [0.25, 0.3) is 0 Å². The van der Waals surface area contributed by atoms with Gasteiger partial charge in [-0.05, 0) is 18.1 Å². The number of anilines is 1. The van der Waals surface area contributed by atoms with Crippen LogP contribution in [0.4, 0.5) is 5.82 Å². The van der Waals surface area contributed by atoms with Crippen molar-refractivity contribution in [1.29, 1.82) is 0 Å². The molecule has 3 aromatic rings. The number of hydrogen-bond acceptors (Lipinski definition) is 5. The van der Waals surface area contributed by atoms with Crippen LogP contribution in [0.3, 0.4) is 0 Å². The van der Waals surface area contributed by atoms with Gasteiger partial charge in [0.15, 0.2) is 0 Å². The van der Waals surface area contributed by atoms with E-state index in [1.54, 1.807) is 12.1 Å². The Labute approximate surface area is 140 Å². The number of aryl methyl sites for hydroxylation is 1. The van der Waals surface area contributed by atoms with Crippen LogP contribution in [0.25, 0.3) is 11.3 Å². The van der Waals surface area contributed by atoms with Crippen LogP contribution in [-0.4, -0.2) is 15.9 Å². The predicted molar refractivity (Wildman–Crippen MR) is 90.3 cm³/mol. The van der Waals surface area contributed by atoms with Crippen molar-refractivity contribution in [2.75, 3.05) is 5.32 Å². The maximum atomic E-state index is 10.8. The largest absolute Gasteiger partial charge is 0.545 e. The summed E-state index contributed by atoms with van der Waals surface area (Å²) < 4.78 is 0. The first-order valence-electron chi connectivity index (χ1n) is 7.57. The molecule has 120 valence electrons. The number of benzene rings is 2. The molecule has 5 nitrogen and oxygen atoms in total. The number of hydrogen-bond donors (Lipinski definition) is 1. The number of rotatable bonds is 5. The number of aromatic carboxylic acids is 1. The Morgan fingerprint density at radius 3 is 2.42 bits per heavy atom. The molecule has 0 unspecified atom stereocenters. The second-order valence-corrected chi connectivity index (χ2v) is 5.39. The van der Waals surface area contributed by atoms with Gasteiger partial charge in [0.05, 0.1) is 11.7 Å². The van der Waals surface area contributed by atoms with Crippen LogP contribution in [-0.2, 0) is 6.54 Å². The van der Waals surface area contributed by atoms with Crippen molar-refractivity contribution in [3.63, 3.8) is 0 Å². The van der Waals surface area contributed by atoms with Gasteiger partial charge >= 0.3 is 0 Å². The summed E-state index contributed by atoms with van der Waals surface area (Å²) >= 11 is 0. The van der Waals surface area contributed by atoms with Gasteiger partial charge in [0.1, 0.15) is 11.6 Å². The van der Waals surface area contributed by atoms with Gasteiger partial charge in [-0.2, -0.15) is 0 Å². The van der Waals surface area contributed by atoms with Gasteiger partial charge in [0, 0.05) is 18.2 Å². The highest BCUT2D eigenvalue weighted by atomic mass is 16.4. The third-order valence-corrected chi connectivity index (χ3v) is 3.57. The van der Waals surface area contributed by atoms with Gasteiger partial charge in [-0.3, -0.25) is 0 Å². The molecule has 5 heteroatoms. The molecule has 0 aliphatic rings. The fraction of sp³-hybridized carbons (Fsp3) is 0.105. The highest BCUT2D eigenvalue weighted by Gasteiger charge is 2.04. The molecule has 0 radical (unpaired) electrons. The maximum Gasteiger partial charge on any atom is 0.130 e. The van der Waals surface area contributed by atoms with Crippen LogP contribution in [0.15, 0.2) is 60.7 Å². The van der Waals surface area contributed by atoms with Crippen LogP contribution in [0.5, 0.6) is 0 Å². The summed E-state index contributed by atoms with van der Waals surface area (Å²) in [4.78, 5) is 19.6. The number of aromatic nitrogens is 2. The van der Waals surface area contributed by atoms with E-state index in [1.165, 1.54) is 12.1 Å². The van der Waals surface area contributed by atoms with E-state index in [4.69, 9.17) is 0 Å². The van der Waals surface area contributed by atoms with E-state index in [9.17, 15) is 9.90 Å². The molecule has 0 fully saturated rings. The number of carboxylic acid groups (broad SMARTS) is 1. The average molecular weight is 318 g/mol. The molecule has 2 aromatic carbocycles. The Hall–Kier alpha value is -3.21. The van der Waals surface area contributed by atoms with Gasteiger partial charge in [-0.1, -0.05) is 54.6 Å². The molecular weight excluding hydrogens is 302 g/mol. The number of carboxylic acids is 1. The molecule has 0 saturated carbocycles. The van der Waals surface area contributed by atoms with Crippen molar-refractivity contribution in [3.05, 3.63) is 77.6 Å². The van der Waals surface area contributed by atoms with E-state index in [0.29, 0.717) is 12.4 Å². The minimum absolute atomic E-state index is 0.169. The minimum atomic E-state index is -1.17. The maximum absolute atomic E-state index is 10.8. The zero-order chi connectivity index (χ0) is 16.9. The van der Waals surface area contributed by atoms with Gasteiger partial charge in [-0.15, -0.1) is 0 Å². The van der Waals surface area contributed by atoms with E-state index in [2.05, 4.69) is 15.3 Å². The summed E-state index contributed by atoms with van der Waals surface area (Å²) in [6, 6.07) is 18.4.